The second kappa shape index (κ2) is 11.4. The number of halogens is 1. The summed E-state index contributed by atoms with van der Waals surface area (Å²) >= 11 is 0. The average molecular weight is 588 g/mol. The number of nitrogens with two attached hydrogens (primary N) is 1. The maximum Gasteiger partial charge on any atom is 0.255 e. The van der Waals surface area contributed by atoms with Gasteiger partial charge in [0.15, 0.2) is 11.4 Å². The number of aliphatic hydroxyl groups is 3. The van der Waals surface area contributed by atoms with Crippen molar-refractivity contribution in [3.63, 3.8) is 0 Å². The van der Waals surface area contributed by atoms with E-state index >= 15 is 4.39 Å². The Morgan fingerprint density at radius 1 is 1.26 bits per heavy atom. The van der Waals surface area contributed by atoms with Crippen molar-refractivity contribution in [2.24, 2.45) is 17.6 Å². The third-order valence-electron chi connectivity index (χ3n) is 8.52. The fourth-order valence-electron chi connectivity index (χ4n) is 6.52. The molecule has 230 valence electrons. The van der Waals surface area contributed by atoms with E-state index in [4.69, 9.17) is 10.5 Å². The van der Waals surface area contributed by atoms with Crippen LogP contribution >= 0.6 is 0 Å². The number of hydrogen-bond acceptors (Lipinski definition) is 9. The van der Waals surface area contributed by atoms with Crippen molar-refractivity contribution in [2.75, 3.05) is 27.2 Å². The number of carbonyl (C=O) groups is 3. The third kappa shape index (κ3) is 5.22. The Kier molecular flexibility index (Phi) is 8.61. The summed E-state index contributed by atoms with van der Waals surface area (Å²) in [4.78, 5) is 40.9. The first-order valence-corrected chi connectivity index (χ1v) is 14.4. The molecule has 0 heterocycles. The Hall–Kier alpha value is -3.28. The number of carbonyl (C=O) groups excluding carboxylic acids is 3. The molecule has 0 radical (unpaired) electrons. The van der Waals surface area contributed by atoms with Gasteiger partial charge in [-0.15, -0.1) is 0 Å². The van der Waals surface area contributed by atoms with Crippen molar-refractivity contribution < 1.29 is 38.8 Å². The van der Waals surface area contributed by atoms with E-state index in [0.29, 0.717) is 31.6 Å². The Bertz CT molecular complexity index is 1380. The summed E-state index contributed by atoms with van der Waals surface area (Å²) in [5.41, 5.74) is 2.10. The lowest BCUT2D eigenvalue weighted by Crippen LogP contribution is -2.65. The number of ether oxygens (including phenoxy) is 1. The minimum absolute atomic E-state index is 0.00501. The van der Waals surface area contributed by atoms with Crippen LogP contribution in [0.3, 0.4) is 0 Å². The molecule has 6 N–H and O–H groups in total. The fraction of sp³-hybridized carbons (Fsp3) is 0.581. The maximum absolute atomic E-state index is 16.1. The monoisotopic (exact) mass is 587 g/mol. The van der Waals surface area contributed by atoms with Crippen LogP contribution in [-0.4, -0.2) is 82.1 Å². The molecule has 11 heteroatoms. The first-order valence-electron chi connectivity index (χ1n) is 14.4. The number of Topliss-reactive ketones (excluding diaryl/α,β-unsaturated/α-hetero) is 2. The second-order valence-electron chi connectivity index (χ2n) is 12.8. The molecule has 0 aliphatic heterocycles. The summed E-state index contributed by atoms with van der Waals surface area (Å²) in [6, 6.07) is 0.370. The quantitative estimate of drug-likeness (QED) is 0.216. The van der Waals surface area contributed by atoms with Gasteiger partial charge in [-0.3, -0.25) is 19.3 Å². The zero-order valence-electron chi connectivity index (χ0n) is 25.1. The number of amides is 1. The molecule has 1 aromatic carbocycles. The Morgan fingerprint density at radius 3 is 2.50 bits per heavy atom. The Morgan fingerprint density at radius 2 is 1.93 bits per heavy atom. The number of benzene rings is 1. The number of hydrogen-bond donors (Lipinski definition) is 5. The lowest BCUT2D eigenvalue weighted by Gasteiger charge is -2.50. The van der Waals surface area contributed by atoms with Gasteiger partial charge in [0, 0.05) is 22.6 Å². The van der Waals surface area contributed by atoms with E-state index in [1.807, 2.05) is 27.7 Å². The molecule has 1 fully saturated rings. The van der Waals surface area contributed by atoms with Crippen LogP contribution < -0.4 is 15.8 Å². The van der Waals surface area contributed by atoms with Gasteiger partial charge in [0.2, 0.25) is 5.78 Å². The largest absolute Gasteiger partial charge is 0.508 e. The average Bonchev–Trinajstić information content (AvgIpc) is 2.87. The molecule has 1 aromatic rings. The molecule has 0 aromatic heterocycles. The molecule has 10 nitrogen and oxygen atoms in total. The summed E-state index contributed by atoms with van der Waals surface area (Å²) in [6.07, 6.45) is 1.86. The van der Waals surface area contributed by atoms with Crippen molar-refractivity contribution >= 4 is 23.2 Å². The minimum atomic E-state index is -2.69. The summed E-state index contributed by atoms with van der Waals surface area (Å²) in [5, 5.41) is 37.7. The standard InChI is InChI=1S/C31H42FN3O7/c1-7-8-11-42-19-14-15(9-10-34-30(2,3)4)23(32)17-12-16-13-18-24(35(5)6)26(37)22(29(33)40)28(39)31(18,41)27(38)20(16)25(36)21(17)19/h14,16,18,24,34,36,39,41H,7-13H2,1-6H3,(H2,33,40)/t16-,18-,24-,31-/m0/s1. The highest BCUT2D eigenvalue weighted by Crippen LogP contribution is 2.53. The van der Waals surface area contributed by atoms with Gasteiger partial charge in [0.25, 0.3) is 5.91 Å². The number of nitrogens with zero attached hydrogens (tertiary/aromatic N) is 1. The van der Waals surface area contributed by atoms with Gasteiger partial charge >= 0.3 is 0 Å². The number of nitrogens with one attached hydrogen (secondary N) is 1. The lowest BCUT2D eigenvalue weighted by molar-refractivity contribution is -0.153. The molecule has 0 unspecified atom stereocenters. The molecular weight excluding hydrogens is 545 g/mol. The smallest absolute Gasteiger partial charge is 0.255 e. The number of unbranched alkanes of at least 4 members (excludes halogenated alkanes) is 1. The van der Waals surface area contributed by atoms with Crippen molar-refractivity contribution in [3.8, 4) is 5.75 Å². The van der Waals surface area contributed by atoms with Gasteiger partial charge in [-0.2, -0.15) is 0 Å². The molecule has 1 saturated carbocycles. The maximum atomic E-state index is 16.1. The van der Waals surface area contributed by atoms with E-state index in [1.165, 1.54) is 4.90 Å². The van der Waals surface area contributed by atoms with E-state index in [2.05, 4.69) is 5.32 Å². The Balaban J connectivity index is 1.88. The molecular formula is C31H42FN3O7. The lowest BCUT2D eigenvalue weighted by atomic mass is 9.57. The normalized spacial score (nSPS) is 25.9. The fourth-order valence-corrected chi connectivity index (χ4v) is 6.52. The molecule has 4 atom stereocenters. The van der Waals surface area contributed by atoms with Crippen molar-refractivity contribution in [1.82, 2.24) is 10.2 Å². The molecule has 4 rings (SSSR count). The van der Waals surface area contributed by atoms with Crippen LogP contribution in [0.4, 0.5) is 4.39 Å². The van der Waals surface area contributed by atoms with Gasteiger partial charge < -0.3 is 31.1 Å². The number of primary amides is 1. The van der Waals surface area contributed by atoms with Gasteiger partial charge in [-0.1, -0.05) is 13.3 Å². The molecule has 1 amide bonds. The molecule has 0 bridgehead atoms. The molecule has 3 aliphatic rings. The van der Waals surface area contributed by atoms with E-state index in [-0.39, 0.29) is 40.8 Å². The Labute approximate surface area is 245 Å². The van der Waals surface area contributed by atoms with Crippen LogP contribution in [-0.2, 0) is 27.2 Å². The predicted molar refractivity (Wildman–Crippen MR) is 154 cm³/mol. The molecule has 0 spiro atoms. The van der Waals surface area contributed by atoms with Crippen LogP contribution in [0.5, 0.6) is 5.75 Å². The van der Waals surface area contributed by atoms with Crippen molar-refractivity contribution in [2.45, 2.75) is 77.0 Å². The number of rotatable bonds is 9. The highest BCUT2D eigenvalue weighted by Gasteiger charge is 2.64. The highest BCUT2D eigenvalue weighted by molar-refractivity contribution is 6.24. The SMILES string of the molecule is CCCCOc1cc(CCNC(C)(C)C)c(F)c2c1C(O)=C1C(=O)[C@]3(O)C(O)=C(C(N)=O)C(=O)[C@@H](N(C)C)[C@@H]3C[C@@H]1C2. The van der Waals surface area contributed by atoms with Gasteiger partial charge in [0.1, 0.15) is 28.7 Å². The van der Waals surface area contributed by atoms with E-state index < -0.39 is 63.9 Å². The van der Waals surface area contributed by atoms with Crippen molar-refractivity contribution in [1.29, 1.82) is 0 Å². The van der Waals surface area contributed by atoms with Crippen LogP contribution in [0, 0.1) is 17.7 Å². The zero-order chi connectivity index (χ0) is 31.3. The number of fused-ring (bicyclic) bond motifs is 3. The predicted octanol–water partition coefficient (Wildman–Crippen LogP) is 2.51. The van der Waals surface area contributed by atoms with Gasteiger partial charge in [-0.05, 0) is 84.6 Å². The highest BCUT2D eigenvalue weighted by atomic mass is 19.1. The molecule has 3 aliphatic carbocycles. The summed E-state index contributed by atoms with van der Waals surface area (Å²) < 4.78 is 22.1. The summed E-state index contributed by atoms with van der Waals surface area (Å²) in [6.45, 7) is 8.83. The van der Waals surface area contributed by atoms with Crippen molar-refractivity contribution in [3.05, 3.63) is 45.5 Å². The summed E-state index contributed by atoms with van der Waals surface area (Å²) in [5.74, 6) is -7.05. The number of aliphatic hydroxyl groups excluding tert-OH is 2. The number of likely N-dealkylation sites (N-methyl/N-ethyl adjacent to an activating group) is 1. The minimum Gasteiger partial charge on any atom is -0.508 e. The topological polar surface area (TPSA) is 162 Å². The van der Waals surface area contributed by atoms with Gasteiger partial charge in [0.05, 0.1) is 18.2 Å². The van der Waals surface area contributed by atoms with E-state index in [1.54, 1.807) is 20.2 Å². The van der Waals surface area contributed by atoms with Crippen LogP contribution in [0.1, 0.15) is 63.6 Å². The van der Waals surface area contributed by atoms with Crippen LogP contribution in [0.2, 0.25) is 0 Å². The van der Waals surface area contributed by atoms with Crippen LogP contribution in [0.15, 0.2) is 23.0 Å². The second-order valence-corrected chi connectivity index (χ2v) is 12.8. The first-order chi connectivity index (χ1) is 19.6. The van der Waals surface area contributed by atoms with E-state index in [0.717, 1.165) is 6.42 Å². The zero-order valence-corrected chi connectivity index (χ0v) is 25.1. The molecule has 0 saturated heterocycles. The third-order valence-corrected chi connectivity index (χ3v) is 8.52. The molecule has 42 heavy (non-hydrogen) atoms. The summed E-state index contributed by atoms with van der Waals surface area (Å²) in [7, 11) is 3.09. The first kappa shape index (κ1) is 31.7. The van der Waals surface area contributed by atoms with Crippen LogP contribution in [0.25, 0.3) is 5.76 Å². The van der Waals surface area contributed by atoms with E-state index in [9.17, 15) is 29.7 Å². The number of ketones is 2. The van der Waals surface area contributed by atoms with Gasteiger partial charge in [-0.25, -0.2) is 4.39 Å².